The van der Waals surface area contributed by atoms with Gasteiger partial charge in [-0.15, -0.1) is 11.8 Å². The fraction of sp³-hybridized carbons (Fsp3) is 0.462. The number of hydrogen-bond donors (Lipinski definition) is 1. The molecular weight excluding hydrogens is 235 g/mol. The number of rotatable bonds is 5. The lowest BCUT2D eigenvalue weighted by atomic mass is 10.1. The molecule has 0 saturated heterocycles. The summed E-state index contributed by atoms with van der Waals surface area (Å²) in [5.41, 5.74) is -0.562. The maximum atomic E-state index is 12.7. The van der Waals surface area contributed by atoms with Crippen LogP contribution in [0.25, 0.3) is 0 Å². The molecule has 2 nitrogen and oxygen atoms in total. The van der Waals surface area contributed by atoms with E-state index >= 15 is 0 Å². The van der Waals surface area contributed by atoms with Crippen molar-refractivity contribution in [2.24, 2.45) is 0 Å². The Kier molecular flexibility index (Phi) is 4.98. The molecule has 0 aliphatic rings. The van der Waals surface area contributed by atoms with Crippen LogP contribution in [0.4, 0.5) is 4.39 Å². The van der Waals surface area contributed by atoms with Crippen molar-refractivity contribution in [3.05, 3.63) is 30.1 Å². The van der Waals surface area contributed by atoms with Crippen molar-refractivity contribution in [1.29, 1.82) is 5.26 Å². The number of hydrogen-bond acceptors (Lipinski definition) is 3. The number of nitriles is 1. The Morgan fingerprint density at radius 2 is 2.00 bits per heavy atom. The van der Waals surface area contributed by atoms with Crippen molar-refractivity contribution in [2.75, 3.05) is 5.75 Å². The molecule has 0 bridgehead atoms. The molecule has 0 heterocycles. The lowest BCUT2D eigenvalue weighted by Crippen LogP contribution is -2.47. The SMILES string of the molecule is CC(C)NC(C)(C#N)CSc1ccc(F)cc1. The van der Waals surface area contributed by atoms with Gasteiger partial charge >= 0.3 is 0 Å². The van der Waals surface area contributed by atoms with Gasteiger partial charge in [0, 0.05) is 16.7 Å². The zero-order valence-electron chi connectivity index (χ0n) is 10.3. The topological polar surface area (TPSA) is 35.8 Å². The average molecular weight is 252 g/mol. The highest BCUT2D eigenvalue weighted by molar-refractivity contribution is 7.99. The van der Waals surface area contributed by atoms with Gasteiger partial charge in [-0.05, 0) is 45.0 Å². The monoisotopic (exact) mass is 252 g/mol. The molecule has 1 atom stereocenters. The molecule has 1 aromatic rings. The van der Waals surface area contributed by atoms with Crippen LogP contribution in [0.2, 0.25) is 0 Å². The summed E-state index contributed by atoms with van der Waals surface area (Å²) < 4.78 is 12.7. The van der Waals surface area contributed by atoms with Crippen LogP contribution in [0, 0.1) is 17.1 Å². The van der Waals surface area contributed by atoms with E-state index in [1.165, 1.54) is 12.1 Å². The first-order valence-corrected chi connectivity index (χ1v) is 6.51. The quantitative estimate of drug-likeness (QED) is 0.817. The molecule has 0 aliphatic heterocycles. The predicted molar refractivity (Wildman–Crippen MR) is 69.4 cm³/mol. The van der Waals surface area contributed by atoms with Crippen molar-refractivity contribution in [3.63, 3.8) is 0 Å². The zero-order chi connectivity index (χ0) is 12.9. The first-order chi connectivity index (χ1) is 7.95. The molecule has 17 heavy (non-hydrogen) atoms. The van der Waals surface area contributed by atoms with E-state index in [2.05, 4.69) is 11.4 Å². The molecule has 92 valence electrons. The maximum absolute atomic E-state index is 12.7. The van der Waals surface area contributed by atoms with Gasteiger partial charge in [0.05, 0.1) is 6.07 Å². The average Bonchev–Trinajstić information content (AvgIpc) is 2.27. The fourth-order valence-corrected chi connectivity index (χ4v) is 2.43. The first-order valence-electron chi connectivity index (χ1n) is 5.52. The Morgan fingerprint density at radius 1 is 1.41 bits per heavy atom. The Hall–Kier alpha value is -1.05. The third kappa shape index (κ3) is 4.76. The maximum Gasteiger partial charge on any atom is 0.123 e. The highest BCUT2D eigenvalue weighted by Gasteiger charge is 2.24. The number of benzene rings is 1. The van der Waals surface area contributed by atoms with Crippen molar-refractivity contribution < 1.29 is 4.39 Å². The van der Waals surface area contributed by atoms with Crippen LogP contribution in [0.1, 0.15) is 20.8 Å². The summed E-state index contributed by atoms with van der Waals surface area (Å²) in [6.45, 7) is 5.90. The van der Waals surface area contributed by atoms with Gasteiger partial charge in [0.1, 0.15) is 11.4 Å². The van der Waals surface area contributed by atoms with Crippen LogP contribution in [0.15, 0.2) is 29.2 Å². The van der Waals surface area contributed by atoms with Crippen LogP contribution >= 0.6 is 11.8 Å². The van der Waals surface area contributed by atoms with Gasteiger partial charge in [-0.3, -0.25) is 5.32 Å². The summed E-state index contributed by atoms with van der Waals surface area (Å²) in [5.74, 6) is 0.394. The Labute approximate surface area is 106 Å². The van der Waals surface area contributed by atoms with E-state index in [-0.39, 0.29) is 11.9 Å². The highest BCUT2D eigenvalue weighted by Crippen LogP contribution is 2.22. The molecule has 0 aliphatic carbocycles. The van der Waals surface area contributed by atoms with E-state index < -0.39 is 5.54 Å². The molecule has 0 spiro atoms. The predicted octanol–water partition coefficient (Wildman–Crippen LogP) is 3.20. The van der Waals surface area contributed by atoms with Crippen molar-refractivity contribution in [2.45, 2.75) is 37.2 Å². The molecule has 0 radical (unpaired) electrons. The Morgan fingerprint density at radius 3 is 2.47 bits per heavy atom. The Bertz CT molecular complexity index is 397. The minimum atomic E-state index is -0.562. The second-order valence-corrected chi connectivity index (χ2v) is 5.53. The molecule has 0 fully saturated rings. The molecule has 4 heteroatoms. The fourth-order valence-electron chi connectivity index (χ4n) is 1.50. The number of nitrogens with one attached hydrogen (secondary N) is 1. The number of halogens is 1. The van der Waals surface area contributed by atoms with E-state index in [1.807, 2.05) is 20.8 Å². The normalized spacial score (nSPS) is 14.4. The second kappa shape index (κ2) is 6.04. The second-order valence-electron chi connectivity index (χ2n) is 4.49. The van der Waals surface area contributed by atoms with Crippen molar-refractivity contribution in [1.82, 2.24) is 5.32 Å². The van der Waals surface area contributed by atoms with E-state index in [1.54, 1.807) is 23.9 Å². The van der Waals surface area contributed by atoms with Crippen molar-refractivity contribution >= 4 is 11.8 Å². The van der Waals surface area contributed by atoms with Crippen LogP contribution in [0.3, 0.4) is 0 Å². The molecule has 1 N–H and O–H groups in total. The van der Waals surface area contributed by atoms with E-state index in [0.717, 1.165) is 4.90 Å². The standard InChI is InChI=1S/C13H17FN2S/c1-10(2)16-13(3,8-15)9-17-12-6-4-11(14)5-7-12/h4-7,10,16H,9H2,1-3H3. The molecule has 1 rings (SSSR count). The van der Waals surface area contributed by atoms with Gasteiger partial charge < -0.3 is 0 Å². The third-order valence-corrected chi connectivity index (χ3v) is 3.52. The largest absolute Gasteiger partial charge is 0.297 e. The number of thioether (sulfide) groups is 1. The zero-order valence-corrected chi connectivity index (χ0v) is 11.1. The van der Waals surface area contributed by atoms with E-state index in [9.17, 15) is 9.65 Å². The van der Waals surface area contributed by atoms with E-state index in [4.69, 9.17) is 0 Å². The summed E-state index contributed by atoms with van der Waals surface area (Å²) in [6.07, 6.45) is 0. The summed E-state index contributed by atoms with van der Waals surface area (Å²) in [7, 11) is 0. The van der Waals surface area contributed by atoms with Gasteiger partial charge in [0.25, 0.3) is 0 Å². The minimum absolute atomic E-state index is 0.238. The van der Waals surface area contributed by atoms with Crippen LogP contribution in [0.5, 0.6) is 0 Å². The summed E-state index contributed by atoms with van der Waals surface area (Å²) in [4.78, 5) is 0.971. The van der Waals surface area contributed by atoms with Crippen LogP contribution in [-0.2, 0) is 0 Å². The van der Waals surface area contributed by atoms with E-state index in [0.29, 0.717) is 5.75 Å². The molecule has 0 aromatic heterocycles. The highest BCUT2D eigenvalue weighted by atomic mass is 32.2. The smallest absolute Gasteiger partial charge is 0.123 e. The van der Waals surface area contributed by atoms with Gasteiger partial charge in [-0.25, -0.2) is 4.39 Å². The molecule has 0 saturated carbocycles. The lowest BCUT2D eigenvalue weighted by Gasteiger charge is -2.25. The number of nitrogens with zero attached hydrogens (tertiary/aromatic N) is 1. The van der Waals surface area contributed by atoms with Gasteiger partial charge in [-0.2, -0.15) is 5.26 Å². The third-order valence-electron chi connectivity index (χ3n) is 2.20. The summed E-state index contributed by atoms with van der Waals surface area (Å²) >= 11 is 1.55. The first kappa shape index (κ1) is 14.0. The molecule has 1 aromatic carbocycles. The van der Waals surface area contributed by atoms with Gasteiger partial charge in [0.2, 0.25) is 0 Å². The van der Waals surface area contributed by atoms with Gasteiger partial charge in [-0.1, -0.05) is 0 Å². The Balaban J connectivity index is 2.59. The lowest BCUT2D eigenvalue weighted by molar-refractivity contribution is 0.443. The van der Waals surface area contributed by atoms with Crippen molar-refractivity contribution in [3.8, 4) is 6.07 Å². The summed E-state index contributed by atoms with van der Waals surface area (Å²) in [5, 5.41) is 12.4. The molecular formula is C13H17FN2S. The van der Waals surface area contributed by atoms with Gasteiger partial charge in [0.15, 0.2) is 0 Å². The van der Waals surface area contributed by atoms with Crippen LogP contribution in [-0.4, -0.2) is 17.3 Å². The summed E-state index contributed by atoms with van der Waals surface area (Å²) in [6, 6.07) is 8.87. The van der Waals surface area contributed by atoms with Crippen LogP contribution < -0.4 is 5.32 Å². The molecule has 0 amide bonds. The minimum Gasteiger partial charge on any atom is -0.297 e. The molecule has 1 unspecified atom stereocenters.